The molecule has 0 bridgehead atoms. The maximum absolute atomic E-state index is 11.1. The van der Waals surface area contributed by atoms with Crippen LogP contribution in [0, 0.1) is 0 Å². The van der Waals surface area contributed by atoms with Crippen LogP contribution in [0.15, 0.2) is 6.07 Å². The minimum absolute atomic E-state index is 0.102. The first-order valence-electron chi connectivity index (χ1n) is 4.79. The number of sulfonamides is 1. The van der Waals surface area contributed by atoms with Crippen LogP contribution in [0.1, 0.15) is 34.2 Å². The summed E-state index contributed by atoms with van der Waals surface area (Å²) in [6, 6.07) is 1.18. The van der Waals surface area contributed by atoms with E-state index >= 15 is 0 Å². The molecule has 1 aromatic rings. The van der Waals surface area contributed by atoms with Crippen molar-refractivity contribution in [3.8, 4) is 0 Å². The number of aromatic amines is 1. The maximum Gasteiger partial charge on any atom is 0.352 e. The van der Waals surface area contributed by atoms with Crippen LogP contribution in [-0.2, 0) is 16.4 Å². The molecule has 1 aromatic heterocycles. The number of aryl methyl sites for hydroxylation is 1. The number of carbonyl (C=O) groups is 1. The molecule has 1 aliphatic carbocycles. The van der Waals surface area contributed by atoms with Crippen molar-refractivity contribution in [1.29, 1.82) is 0 Å². The number of hydrogen-bond donors (Lipinski definition) is 3. The number of carboxylic acids is 1. The molecule has 0 aromatic carbocycles. The average molecular weight is 244 g/mol. The van der Waals surface area contributed by atoms with E-state index in [-0.39, 0.29) is 11.7 Å². The number of fused-ring (bicyclic) bond motifs is 1. The lowest BCUT2D eigenvalue weighted by Crippen LogP contribution is -2.25. The SMILES string of the molecule is CS(=O)(=O)NC1CCc2[nH]c(C(=O)O)cc21. The molecule has 0 radical (unpaired) electrons. The highest BCUT2D eigenvalue weighted by Crippen LogP contribution is 2.31. The molecule has 0 amide bonds. The van der Waals surface area contributed by atoms with Gasteiger partial charge in [-0.15, -0.1) is 0 Å². The van der Waals surface area contributed by atoms with E-state index in [0.29, 0.717) is 12.8 Å². The highest BCUT2D eigenvalue weighted by atomic mass is 32.2. The van der Waals surface area contributed by atoms with Crippen LogP contribution in [0.2, 0.25) is 0 Å². The van der Waals surface area contributed by atoms with Crippen LogP contribution < -0.4 is 4.72 Å². The Labute approximate surface area is 92.7 Å². The Morgan fingerprint density at radius 1 is 1.62 bits per heavy atom. The van der Waals surface area contributed by atoms with E-state index in [9.17, 15) is 13.2 Å². The van der Waals surface area contributed by atoms with Crippen molar-refractivity contribution >= 4 is 16.0 Å². The van der Waals surface area contributed by atoms with Crippen molar-refractivity contribution in [2.75, 3.05) is 6.26 Å². The van der Waals surface area contributed by atoms with Crippen LogP contribution in [0.4, 0.5) is 0 Å². The quantitative estimate of drug-likeness (QED) is 0.709. The van der Waals surface area contributed by atoms with E-state index in [1.54, 1.807) is 0 Å². The van der Waals surface area contributed by atoms with E-state index < -0.39 is 16.0 Å². The minimum atomic E-state index is -3.27. The smallest absolute Gasteiger partial charge is 0.352 e. The lowest BCUT2D eigenvalue weighted by atomic mass is 10.2. The van der Waals surface area contributed by atoms with Gasteiger partial charge < -0.3 is 10.1 Å². The number of aromatic nitrogens is 1. The van der Waals surface area contributed by atoms with Crippen molar-refractivity contribution in [1.82, 2.24) is 9.71 Å². The fraction of sp³-hybridized carbons (Fsp3) is 0.444. The van der Waals surface area contributed by atoms with Gasteiger partial charge in [0.15, 0.2) is 0 Å². The molecule has 0 saturated heterocycles. The van der Waals surface area contributed by atoms with Gasteiger partial charge in [0.1, 0.15) is 5.69 Å². The van der Waals surface area contributed by atoms with Crippen molar-refractivity contribution in [3.05, 3.63) is 23.0 Å². The number of hydrogen-bond acceptors (Lipinski definition) is 3. The summed E-state index contributed by atoms with van der Waals surface area (Å²) in [7, 11) is -3.27. The van der Waals surface area contributed by atoms with Gasteiger partial charge in [-0.05, 0) is 24.5 Å². The highest BCUT2D eigenvalue weighted by Gasteiger charge is 2.28. The van der Waals surface area contributed by atoms with Gasteiger partial charge in [-0.25, -0.2) is 17.9 Å². The molecule has 2 rings (SSSR count). The van der Waals surface area contributed by atoms with E-state index in [4.69, 9.17) is 5.11 Å². The molecule has 1 unspecified atom stereocenters. The minimum Gasteiger partial charge on any atom is -0.477 e. The van der Waals surface area contributed by atoms with Crippen LogP contribution in [0.25, 0.3) is 0 Å². The number of carboxylic acid groups (broad SMARTS) is 1. The molecular weight excluding hydrogens is 232 g/mol. The molecule has 6 nitrogen and oxygen atoms in total. The highest BCUT2D eigenvalue weighted by molar-refractivity contribution is 7.88. The van der Waals surface area contributed by atoms with E-state index in [0.717, 1.165) is 17.5 Å². The fourth-order valence-electron chi connectivity index (χ4n) is 1.97. The summed E-state index contributed by atoms with van der Waals surface area (Å²) in [6.07, 6.45) is 2.42. The predicted molar refractivity (Wildman–Crippen MR) is 56.8 cm³/mol. The normalized spacial score (nSPS) is 19.7. The summed E-state index contributed by atoms with van der Waals surface area (Å²) in [6.45, 7) is 0. The summed E-state index contributed by atoms with van der Waals surface area (Å²) in [5.74, 6) is -1.03. The molecule has 1 aliphatic rings. The largest absolute Gasteiger partial charge is 0.477 e. The summed E-state index contributed by atoms with van der Waals surface area (Å²) in [4.78, 5) is 13.5. The summed E-state index contributed by atoms with van der Waals surface area (Å²) in [5.41, 5.74) is 1.64. The Morgan fingerprint density at radius 2 is 2.31 bits per heavy atom. The molecule has 1 heterocycles. The van der Waals surface area contributed by atoms with Gasteiger partial charge in [0.2, 0.25) is 10.0 Å². The molecule has 0 spiro atoms. The number of nitrogens with one attached hydrogen (secondary N) is 2. The number of aromatic carboxylic acids is 1. The second kappa shape index (κ2) is 3.60. The summed E-state index contributed by atoms with van der Waals surface area (Å²) >= 11 is 0. The van der Waals surface area contributed by atoms with Crippen LogP contribution in [0.3, 0.4) is 0 Å². The Bertz CT molecular complexity index is 532. The van der Waals surface area contributed by atoms with E-state index in [2.05, 4.69) is 9.71 Å². The lowest BCUT2D eigenvalue weighted by molar-refractivity contribution is 0.0691. The predicted octanol–water partition coefficient (Wildman–Crippen LogP) is 0.249. The molecule has 3 N–H and O–H groups in total. The Morgan fingerprint density at radius 3 is 2.88 bits per heavy atom. The third-order valence-corrected chi connectivity index (χ3v) is 3.29. The third-order valence-electron chi connectivity index (χ3n) is 2.58. The van der Waals surface area contributed by atoms with Crippen molar-refractivity contribution in [2.24, 2.45) is 0 Å². The fourth-order valence-corrected chi connectivity index (χ4v) is 2.73. The monoisotopic (exact) mass is 244 g/mol. The van der Waals surface area contributed by atoms with Crippen molar-refractivity contribution in [3.63, 3.8) is 0 Å². The molecular formula is C9H12N2O4S. The van der Waals surface area contributed by atoms with Gasteiger partial charge in [-0.3, -0.25) is 0 Å². The topological polar surface area (TPSA) is 99.3 Å². The van der Waals surface area contributed by atoms with Crippen LogP contribution in [0.5, 0.6) is 0 Å². The third kappa shape index (κ3) is 2.10. The Hall–Kier alpha value is -1.34. The zero-order chi connectivity index (χ0) is 11.9. The zero-order valence-corrected chi connectivity index (χ0v) is 9.47. The van der Waals surface area contributed by atoms with Crippen LogP contribution in [-0.4, -0.2) is 30.7 Å². The second-order valence-electron chi connectivity index (χ2n) is 3.90. The number of rotatable bonds is 3. The van der Waals surface area contributed by atoms with Gasteiger partial charge in [0, 0.05) is 11.7 Å². The molecule has 0 saturated carbocycles. The molecule has 0 aliphatic heterocycles. The first-order chi connectivity index (χ1) is 7.37. The van der Waals surface area contributed by atoms with E-state index in [1.165, 1.54) is 6.07 Å². The molecule has 7 heteroatoms. The zero-order valence-electron chi connectivity index (χ0n) is 8.65. The molecule has 88 valence electrons. The van der Waals surface area contributed by atoms with Crippen molar-refractivity contribution < 1.29 is 18.3 Å². The molecule has 1 atom stereocenters. The first-order valence-corrected chi connectivity index (χ1v) is 6.68. The number of H-pyrrole nitrogens is 1. The Balaban J connectivity index is 2.29. The lowest BCUT2D eigenvalue weighted by Gasteiger charge is -2.09. The first kappa shape index (κ1) is 11.2. The maximum atomic E-state index is 11.1. The van der Waals surface area contributed by atoms with Crippen LogP contribution >= 0.6 is 0 Å². The van der Waals surface area contributed by atoms with Gasteiger partial charge in [-0.2, -0.15) is 0 Å². The van der Waals surface area contributed by atoms with Crippen molar-refractivity contribution in [2.45, 2.75) is 18.9 Å². The summed E-state index contributed by atoms with van der Waals surface area (Å²) < 4.78 is 24.7. The van der Waals surface area contributed by atoms with Gasteiger partial charge in [-0.1, -0.05) is 0 Å². The van der Waals surface area contributed by atoms with E-state index in [1.807, 2.05) is 0 Å². The second-order valence-corrected chi connectivity index (χ2v) is 5.68. The van der Waals surface area contributed by atoms with Gasteiger partial charge in [0.25, 0.3) is 0 Å². The summed E-state index contributed by atoms with van der Waals surface area (Å²) in [5, 5.41) is 8.79. The molecule has 0 fully saturated rings. The van der Waals surface area contributed by atoms with Gasteiger partial charge in [0.05, 0.1) is 6.26 Å². The van der Waals surface area contributed by atoms with Gasteiger partial charge >= 0.3 is 5.97 Å². The average Bonchev–Trinajstić information content (AvgIpc) is 2.64. The Kier molecular flexibility index (Phi) is 2.51. The standard InChI is InChI=1S/C9H12N2O4S/c1-16(14,15)11-7-3-2-6-5(7)4-8(10-6)9(12)13/h4,7,10-11H,2-3H2,1H3,(H,12,13). The molecule has 16 heavy (non-hydrogen) atoms.